The summed E-state index contributed by atoms with van der Waals surface area (Å²) in [5, 5.41) is 1.78. The quantitative estimate of drug-likeness (QED) is 0.744. The van der Waals surface area contributed by atoms with E-state index in [1.165, 1.54) is 11.3 Å². The number of aromatic nitrogens is 1. The van der Waals surface area contributed by atoms with Crippen LogP contribution in [0.2, 0.25) is 0 Å². The van der Waals surface area contributed by atoms with E-state index in [-0.39, 0.29) is 11.9 Å². The summed E-state index contributed by atoms with van der Waals surface area (Å²) in [4.78, 5) is 17.6. The van der Waals surface area contributed by atoms with Gasteiger partial charge in [0.25, 0.3) is 5.91 Å². The van der Waals surface area contributed by atoms with Crippen LogP contribution < -0.4 is 5.73 Å². The summed E-state index contributed by atoms with van der Waals surface area (Å²) in [6.07, 6.45) is 2.01. The van der Waals surface area contributed by atoms with Gasteiger partial charge in [0.05, 0.1) is 5.51 Å². The third kappa shape index (κ3) is 1.93. The van der Waals surface area contributed by atoms with Crippen LogP contribution in [0.3, 0.4) is 0 Å². The number of hydrogen-bond donors (Lipinski definition) is 1. The van der Waals surface area contributed by atoms with Crippen LogP contribution in [0.25, 0.3) is 0 Å². The summed E-state index contributed by atoms with van der Waals surface area (Å²) < 4.78 is 0. The summed E-state index contributed by atoms with van der Waals surface area (Å²) in [7, 11) is 0. The standard InChI is InChI=1S/C9H13N3OS/c10-7-2-1-3-12(4-7)9(13)8-5-14-6-11-8/h5-7H,1-4,10H2/t7-/m1/s1. The fourth-order valence-electron chi connectivity index (χ4n) is 1.67. The maximum absolute atomic E-state index is 11.8. The van der Waals surface area contributed by atoms with E-state index >= 15 is 0 Å². The maximum atomic E-state index is 11.8. The summed E-state index contributed by atoms with van der Waals surface area (Å²) in [5.41, 5.74) is 8.03. The number of likely N-dealkylation sites (tertiary alicyclic amines) is 1. The normalized spacial score (nSPS) is 22.4. The average molecular weight is 211 g/mol. The second-order valence-electron chi connectivity index (χ2n) is 3.53. The highest BCUT2D eigenvalue weighted by Crippen LogP contribution is 2.12. The van der Waals surface area contributed by atoms with Gasteiger partial charge in [0.2, 0.25) is 0 Å². The Morgan fingerprint density at radius 1 is 1.71 bits per heavy atom. The molecule has 76 valence electrons. The molecule has 0 saturated carbocycles. The number of amides is 1. The van der Waals surface area contributed by atoms with Crippen molar-refractivity contribution in [2.24, 2.45) is 5.73 Å². The van der Waals surface area contributed by atoms with E-state index in [9.17, 15) is 4.79 Å². The molecule has 1 amide bonds. The predicted octanol–water partition coefficient (Wildman–Crippen LogP) is 0.706. The monoisotopic (exact) mass is 211 g/mol. The van der Waals surface area contributed by atoms with Crippen LogP contribution >= 0.6 is 11.3 Å². The first-order valence-electron chi connectivity index (χ1n) is 4.70. The zero-order valence-corrected chi connectivity index (χ0v) is 8.67. The molecule has 0 radical (unpaired) electrons. The number of nitrogens with two attached hydrogens (primary N) is 1. The molecular formula is C9H13N3OS. The Kier molecular flexibility index (Phi) is 2.79. The minimum Gasteiger partial charge on any atom is -0.336 e. The van der Waals surface area contributed by atoms with Crippen molar-refractivity contribution < 1.29 is 4.79 Å². The molecule has 1 atom stereocenters. The van der Waals surface area contributed by atoms with Crippen LogP contribution in [0, 0.1) is 0 Å². The number of nitrogens with zero attached hydrogens (tertiary/aromatic N) is 2. The van der Waals surface area contributed by atoms with Crippen molar-refractivity contribution in [3.05, 3.63) is 16.6 Å². The van der Waals surface area contributed by atoms with Gasteiger partial charge in [-0.15, -0.1) is 11.3 Å². The van der Waals surface area contributed by atoms with Gasteiger partial charge in [-0.05, 0) is 12.8 Å². The molecule has 1 fully saturated rings. The first-order chi connectivity index (χ1) is 6.77. The molecule has 0 bridgehead atoms. The number of carbonyl (C=O) groups is 1. The van der Waals surface area contributed by atoms with Crippen LogP contribution in [-0.4, -0.2) is 34.9 Å². The van der Waals surface area contributed by atoms with E-state index in [2.05, 4.69) is 4.98 Å². The molecule has 2 rings (SSSR count). The molecule has 14 heavy (non-hydrogen) atoms. The van der Waals surface area contributed by atoms with Gasteiger partial charge in [-0.1, -0.05) is 0 Å². The van der Waals surface area contributed by atoms with Crippen molar-refractivity contribution in [3.8, 4) is 0 Å². The molecule has 1 aromatic heterocycles. The van der Waals surface area contributed by atoms with E-state index in [1.54, 1.807) is 15.8 Å². The fourth-order valence-corrected chi connectivity index (χ4v) is 2.20. The minimum absolute atomic E-state index is 0.0152. The zero-order chi connectivity index (χ0) is 9.97. The highest BCUT2D eigenvalue weighted by molar-refractivity contribution is 7.07. The van der Waals surface area contributed by atoms with E-state index in [4.69, 9.17) is 5.73 Å². The van der Waals surface area contributed by atoms with Crippen molar-refractivity contribution in [2.75, 3.05) is 13.1 Å². The third-order valence-corrected chi connectivity index (χ3v) is 2.98. The number of piperidine rings is 1. The van der Waals surface area contributed by atoms with Crippen LogP contribution in [0.1, 0.15) is 23.3 Å². The smallest absolute Gasteiger partial charge is 0.273 e. The lowest BCUT2D eigenvalue weighted by molar-refractivity contribution is 0.0703. The summed E-state index contributed by atoms with van der Waals surface area (Å²) in [6.45, 7) is 1.47. The lowest BCUT2D eigenvalue weighted by atomic mass is 10.1. The van der Waals surface area contributed by atoms with Gasteiger partial charge in [0.15, 0.2) is 0 Å². The third-order valence-electron chi connectivity index (χ3n) is 2.40. The molecular weight excluding hydrogens is 198 g/mol. The topological polar surface area (TPSA) is 59.2 Å². The molecule has 2 heterocycles. The van der Waals surface area contributed by atoms with E-state index in [0.717, 1.165) is 19.4 Å². The average Bonchev–Trinajstić information content (AvgIpc) is 2.69. The second-order valence-corrected chi connectivity index (χ2v) is 4.25. The van der Waals surface area contributed by atoms with E-state index in [1.807, 2.05) is 0 Å². The molecule has 1 saturated heterocycles. The Balaban J connectivity index is 2.04. The van der Waals surface area contributed by atoms with E-state index in [0.29, 0.717) is 12.2 Å². The first-order valence-corrected chi connectivity index (χ1v) is 5.64. The van der Waals surface area contributed by atoms with Crippen LogP contribution in [0.5, 0.6) is 0 Å². The van der Waals surface area contributed by atoms with Gasteiger partial charge in [-0.3, -0.25) is 4.79 Å². The van der Waals surface area contributed by atoms with Crippen LogP contribution in [-0.2, 0) is 0 Å². The Hall–Kier alpha value is -0.940. The Bertz CT molecular complexity index is 312. The van der Waals surface area contributed by atoms with Crippen molar-refractivity contribution >= 4 is 17.2 Å². The molecule has 0 aliphatic carbocycles. The lowest BCUT2D eigenvalue weighted by Crippen LogP contribution is -2.45. The molecule has 2 N–H and O–H groups in total. The van der Waals surface area contributed by atoms with Gasteiger partial charge in [0, 0.05) is 24.5 Å². The van der Waals surface area contributed by atoms with Crippen molar-refractivity contribution in [1.82, 2.24) is 9.88 Å². The SMILES string of the molecule is N[C@@H]1CCCN(C(=O)c2cscn2)C1. The number of carbonyl (C=O) groups excluding carboxylic acids is 1. The highest BCUT2D eigenvalue weighted by Gasteiger charge is 2.22. The van der Waals surface area contributed by atoms with Gasteiger partial charge >= 0.3 is 0 Å². The van der Waals surface area contributed by atoms with Crippen LogP contribution in [0.15, 0.2) is 10.9 Å². The number of rotatable bonds is 1. The zero-order valence-electron chi connectivity index (χ0n) is 7.85. The summed E-state index contributed by atoms with van der Waals surface area (Å²) >= 11 is 1.44. The largest absolute Gasteiger partial charge is 0.336 e. The van der Waals surface area contributed by atoms with Crippen LogP contribution in [0.4, 0.5) is 0 Å². The number of thiazole rings is 1. The van der Waals surface area contributed by atoms with Gasteiger partial charge in [0.1, 0.15) is 5.69 Å². The van der Waals surface area contributed by atoms with Gasteiger partial charge in [-0.2, -0.15) is 0 Å². The Morgan fingerprint density at radius 2 is 2.57 bits per heavy atom. The highest BCUT2D eigenvalue weighted by atomic mass is 32.1. The van der Waals surface area contributed by atoms with Crippen molar-refractivity contribution in [3.63, 3.8) is 0 Å². The molecule has 1 aliphatic rings. The van der Waals surface area contributed by atoms with E-state index < -0.39 is 0 Å². The molecule has 5 heteroatoms. The fraction of sp³-hybridized carbons (Fsp3) is 0.556. The van der Waals surface area contributed by atoms with Crippen molar-refractivity contribution in [2.45, 2.75) is 18.9 Å². The molecule has 1 aliphatic heterocycles. The Morgan fingerprint density at radius 3 is 3.21 bits per heavy atom. The first kappa shape index (κ1) is 9.61. The molecule has 1 aromatic rings. The molecule has 0 aromatic carbocycles. The summed E-state index contributed by atoms with van der Waals surface area (Å²) in [5.74, 6) is 0.0152. The second kappa shape index (κ2) is 4.06. The predicted molar refractivity (Wildman–Crippen MR) is 55.2 cm³/mol. The van der Waals surface area contributed by atoms with Gasteiger partial charge < -0.3 is 10.6 Å². The molecule has 0 unspecified atom stereocenters. The number of hydrogen-bond acceptors (Lipinski definition) is 4. The van der Waals surface area contributed by atoms with Crippen molar-refractivity contribution in [1.29, 1.82) is 0 Å². The maximum Gasteiger partial charge on any atom is 0.273 e. The lowest BCUT2D eigenvalue weighted by Gasteiger charge is -2.30. The van der Waals surface area contributed by atoms with Gasteiger partial charge in [-0.25, -0.2) is 4.98 Å². The molecule has 0 spiro atoms. The minimum atomic E-state index is 0.0152. The Labute approximate surface area is 86.7 Å². The molecule has 4 nitrogen and oxygen atoms in total. The summed E-state index contributed by atoms with van der Waals surface area (Å²) in [6, 6.07) is 0.131.